The predicted octanol–water partition coefficient (Wildman–Crippen LogP) is 1.82. The smallest absolute Gasteiger partial charge is 0.225 e. The maximum atomic E-state index is 4.54. The second-order valence-corrected chi connectivity index (χ2v) is 3.70. The van der Waals surface area contributed by atoms with E-state index in [0.29, 0.717) is 0 Å². The molecular weight excluding hydrogens is 200 g/mol. The van der Waals surface area contributed by atoms with Gasteiger partial charge in [-0.15, -0.1) is 0 Å². The zero-order chi connectivity index (χ0) is 11.8. The molecule has 1 N–H and O–H groups in total. The molecule has 4 heteroatoms. The molecular formula is C12H22N4. The molecule has 16 heavy (non-hydrogen) atoms. The average Bonchev–Trinajstić information content (AvgIpc) is 2.32. The first-order valence-electron chi connectivity index (χ1n) is 6.09. The third kappa shape index (κ3) is 3.77. The van der Waals surface area contributed by atoms with Crippen LogP contribution in [0.1, 0.15) is 32.9 Å². The van der Waals surface area contributed by atoms with Crippen molar-refractivity contribution >= 4 is 5.95 Å². The normalized spacial score (nSPS) is 10.4. The van der Waals surface area contributed by atoms with Crippen molar-refractivity contribution in [1.82, 2.24) is 15.3 Å². The number of nitrogens with zero attached hydrogens (tertiary/aromatic N) is 3. The van der Waals surface area contributed by atoms with Crippen molar-refractivity contribution in [2.75, 3.05) is 24.5 Å². The summed E-state index contributed by atoms with van der Waals surface area (Å²) in [5, 5.41) is 3.34. The summed E-state index contributed by atoms with van der Waals surface area (Å²) in [4.78, 5) is 11.0. The number of hydrogen-bond acceptors (Lipinski definition) is 4. The molecule has 0 unspecified atom stereocenters. The molecule has 1 heterocycles. The maximum Gasteiger partial charge on any atom is 0.225 e. The molecule has 0 atom stereocenters. The van der Waals surface area contributed by atoms with Crippen LogP contribution in [-0.2, 0) is 6.54 Å². The van der Waals surface area contributed by atoms with Crippen molar-refractivity contribution in [3.8, 4) is 0 Å². The highest BCUT2D eigenvalue weighted by molar-refractivity contribution is 5.29. The van der Waals surface area contributed by atoms with Crippen LogP contribution in [-0.4, -0.2) is 29.6 Å². The van der Waals surface area contributed by atoms with E-state index in [1.165, 1.54) is 0 Å². The van der Waals surface area contributed by atoms with Crippen molar-refractivity contribution in [2.24, 2.45) is 0 Å². The summed E-state index contributed by atoms with van der Waals surface area (Å²) < 4.78 is 0. The van der Waals surface area contributed by atoms with Crippen molar-refractivity contribution in [1.29, 1.82) is 0 Å². The number of aromatic nitrogens is 2. The van der Waals surface area contributed by atoms with Crippen molar-refractivity contribution in [2.45, 2.75) is 33.7 Å². The van der Waals surface area contributed by atoms with Crippen LogP contribution in [0.5, 0.6) is 0 Å². The molecule has 0 saturated carbocycles. The Morgan fingerprint density at radius 2 is 2.00 bits per heavy atom. The summed E-state index contributed by atoms with van der Waals surface area (Å²) >= 11 is 0. The van der Waals surface area contributed by atoms with Crippen LogP contribution in [0.3, 0.4) is 0 Å². The maximum absolute atomic E-state index is 4.54. The molecule has 1 aromatic heterocycles. The Morgan fingerprint density at radius 3 is 2.62 bits per heavy atom. The lowest BCUT2D eigenvalue weighted by Gasteiger charge is -2.18. The van der Waals surface area contributed by atoms with Crippen LogP contribution in [0.15, 0.2) is 12.3 Å². The Balaban J connectivity index is 2.62. The van der Waals surface area contributed by atoms with E-state index >= 15 is 0 Å². The van der Waals surface area contributed by atoms with Gasteiger partial charge in [-0.3, -0.25) is 0 Å². The lowest BCUT2D eigenvalue weighted by Crippen LogP contribution is -2.25. The summed E-state index contributed by atoms with van der Waals surface area (Å²) in [6, 6.07) is 1.97. The summed E-state index contributed by atoms with van der Waals surface area (Å²) in [5.41, 5.74) is 1.06. The third-order valence-electron chi connectivity index (χ3n) is 2.48. The number of anilines is 1. The standard InChI is InChI=1S/C12H22N4/c1-4-8-13-10-11-7-9-14-12(15-11)16(5-2)6-3/h7,9,13H,4-6,8,10H2,1-3H3. The molecule has 0 bridgehead atoms. The van der Waals surface area contributed by atoms with Gasteiger partial charge in [-0.05, 0) is 32.9 Å². The Kier molecular flexibility index (Phi) is 5.78. The van der Waals surface area contributed by atoms with Crippen LogP contribution in [0, 0.1) is 0 Å². The van der Waals surface area contributed by atoms with E-state index in [1.54, 1.807) is 0 Å². The Hall–Kier alpha value is -1.16. The van der Waals surface area contributed by atoms with Gasteiger partial charge in [0, 0.05) is 25.8 Å². The molecule has 0 amide bonds. The minimum Gasteiger partial charge on any atom is -0.341 e. The second kappa shape index (κ2) is 7.17. The summed E-state index contributed by atoms with van der Waals surface area (Å²) in [7, 11) is 0. The molecule has 0 radical (unpaired) electrons. The third-order valence-corrected chi connectivity index (χ3v) is 2.48. The minimum absolute atomic E-state index is 0.824. The first kappa shape index (κ1) is 12.9. The van der Waals surface area contributed by atoms with Gasteiger partial charge in [0.25, 0.3) is 0 Å². The highest BCUT2D eigenvalue weighted by Crippen LogP contribution is 2.06. The fourth-order valence-corrected chi connectivity index (χ4v) is 1.54. The topological polar surface area (TPSA) is 41.1 Å². The van der Waals surface area contributed by atoms with Gasteiger partial charge in [0.15, 0.2) is 0 Å². The molecule has 0 aliphatic carbocycles. The van der Waals surface area contributed by atoms with Gasteiger partial charge < -0.3 is 10.2 Å². The summed E-state index contributed by atoms with van der Waals surface area (Å²) in [6.45, 7) is 10.2. The molecule has 4 nitrogen and oxygen atoms in total. The fraction of sp³-hybridized carbons (Fsp3) is 0.667. The van der Waals surface area contributed by atoms with Gasteiger partial charge >= 0.3 is 0 Å². The van der Waals surface area contributed by atoms with Gasteiger partial charge in [-0.1, -0.05) is 6.92 Å². The van der Waals surface area contributed by atoms with Crippen LogP contribution in [0.4, 0.5) is 5.95 Å². The first-order chi connectivity index (χ1) is 7.81. The van der Waals surface area contributed by atoms with Gasteiger partial charge in [-0.2, -0.15) is 0 Å². The zero-order valence-electron chi connectivity index (χ0n) is 10.5. The van der Waals surface area contributed by atoms with E-state index in [9.17, 15) is 0 Å². The molecule has 0 aromatic carbocycles. The number of rotatable bonds is 7. The lowest BCUT2D eigenvalue weighted by molar-refractivity contribution is 0.660. The molecule has 0 fully saturated rings. The highest BCUT2D eigenvalue weighted by Gasteiger charge is 2.05. The molecule has 0 aliphatic rings. The van der Waals surface area contributed by atoms with Crippen LogP contribution in [0.25, 0.3) is 0 Å². The molecule has 1 aromatic rings. The number of nitrogens with one attached hydrogen (secondary N) is 1. The van der Waals surface area contributed by atoms with Gasteiger partial charge in [0.2, 0.25) is 5.95 Å². The van der Waals surface area contributed by atoms with E-state index in [1.807, 2.05) is 12.3 Å². The second-order valence-electron chi connectivity index (χ2n) is 3.70. The quantitative estimate of drug-likeness (QED) is 0.715. The van der Waals surface area contributed by atoms with Crippen LogP contribution in [0.2, 0.25) is 0 Å². The van der Waals surface area contributed by atoms with E-state index in [4.69, 9.17) is 0 Å². The van der Waals surface area contributed by atoms with E-state index < -0.39 is 0 Å². The Labute approximate surface area is 98.1 Å². The molecule has 90 valence electrons. The molecule has 0 saturated heterocycles. The van der Waals surface area contributed by atoms with Crippen molar-refractivity contribution < 1.29 is 0 Å². The molecule has 0 spiro atoms. The monoisotopic (exact) mass is 222 g/mol. The first-order valence-corrected chi connectivity index (χ1v) is 6.09. The molecule has 0 aliphatic heterocycles. The fourth-order valence-electron chi connectivity index (χ4n) is 1.54. The summed E-state index contributed by atoms with van der Waals surface area (Å²) in [6.07, 6.45) is 2.98. The summed E-state index contributed by atoms with van der Waals surface area (Å²) in [5.74, 6) is 0.834. The van der Waals surface area contributed by atoms with Gasteiger partial charge in [-0.25, -0.2) is 9.97 Å². The highest BCUT2D eigenvalue weighted by atomic mass is 15.2. The van der Waals surface area contributed by atoms with Gasteiger partial charge in [0.05, 0.1) is 5.69 Å². The van der Waals surface area contributed by atoms with Crippen LogP contribution >= 0.6 is 0 Å². The Bertz CT molecular complexity index is 297. The zero-order valence-corrected chi connectivity index (χ0v) is 10.5. The minimum atomic E-state index is 0.824. The van der Waals surface area contributed by atoms with E-state index in [2.05, 4.69) is 41.0 Å². The van der Waals surface area contributed by atoms with E-state index in [-0.39, 0.29) is 0 Å². The lowest BCUT2D eigenvalue weighted by atomic mass is 10.4. The van der Waals surface area contributed by atoms with Crippen LogP contribution < -0.4 is 10.2 Å². The van der Waals surface area contributed by atoms with Crippen molar-refractivity contribution in [3.63, 3.8) is 0 Å². The number of hydrogen-bond donors (Lipinski definition) is 1. The molecule has 1 rings (SSSR count). The van der Waals surface area contributed by atoms with Gasteiger partial charge in [0.1, 0.15) is 0 Å². The predicted molar refractivity (Wildman–Crippen MR) is 67.6 cm³/mol. The largest absolute Gasteiger partial charge is 0.341 e. The SMILES string of the molecule is CCCNCc1ccnc(N(CC)CC)n1. The Morgan fingerprint density at radius 1 is 1.25 bits per heavy atom. The van der Waals surface area contributed by atoms with Crippen molar-refractivity contribution in [3.05, 3.63) is 18.0 Å². The average molecular weight is 222 g/mol. The van der Waals surface area contributed by atoms with E-state index in [0.717, 1.165) is 44.2 Å².